The van der Waals surface area contributed by atoms with E-state index in [2.05, 4.69) is 0 Å². The van der Waals surface area contributed by atoms with Gasteiger partial charge in [-0.05, 0) is 17.7 Å². The van der Waals surface area contributed by atoms with Crippen LogP contribution in [0.1, 0.15) is 18.1 Å². The molecule has 4 nitrogen and oxygen atoms in total. The van der Waals surface area contributed by atoms with Gasteiger partial charge in [0.15, 0.2) is 11.5 Å². The number of halogens is 3. The molecule has 0 N–H and O–H groups in total. The summed E-state index contributed by atoms with van der Waals surface area (Å²) in [7, 11) is 1.16. The minimum atomic E-state index is -3.93. The number of alkyl halides is 2. The Labute approximate surface area is 107 Å². The van der Waals surface area contributed by atoms with Crippen molar-refractivity contribution in [1.82, 2.24) is 0 Å². The molecule has 0 aromatic heterocycles. The summed E-state index contributed by atoms with van der Waals surface area (Å²) in [4.78, 5) is 0. The van der Waals surface area contributed by atoms with Gasteiger partial charge in [0.1, 0.15) is 0 Å². The van der Waals surface area contributed by atoms with E-state index < -0.39 is 26.3 Å². The van der Waals surface area contributed by atoms with Gasteiger partial charge < -0.3 is 9.47 Å². The molecule has 1 aliphatic rings. The fraction of sp³-hybridized carbons (Fsp3) is 0.400. The van der Waals surface area contributed by atoms with Crippen molar-refractivity contribution in [2.45, 2.75) is 18.6 Å². The molecule has 8 heteroatoms. The van der Waals surface area contributed by atoms with E-state index in [0.717, 1.165) is 6.07 Å². The van der Waals surface area contributed by atoms with Crippen molar-refractivity contribution in [3.63, 3.8) is 0 Å². The van der Waals surface area contributed by atoms with Crippen LogP contribution in [0.5, 0.6) is 11.5 Å². The fourth-order valence-corrected chi connectivity index (χ4v) is 2.66. The highest BCUT2D eigenvalue weighted by molar-refractivity contribution is 8.13. The SMILES string of the molecule is CC(F)(F)c1cc2c(cc1CS(=O)(=O)Cl)OCO2. The van der Waals surface area contributed by atoms with Gasteiger partial charge in [-0.2, -0.15) is 0 Å². The van der Waals surface area contributed by atoms with Crippen molar-refractivity contribution in [3.05, 3.63) is 23.3 Å². The van der Waals surface area contributed by atoms with E-state index in [1.54, 1.807) is 0 Å². The molecule has 18 heavy (non-hydrogen) atoms. The second-order valence-corrected chi connectivity index (χ2v) is 6.71. The molecular formula is C10H9ClF2O4S. The van der Waals surface area contributed by atoms with Gasteiger partial charge in [0.05, 0.1) is 5.75 Å². The standard InChI is InChI=1S/C10H9ClF2O4S/c1-10(12,13)7-3-9-8(16-5-17-9)2-6(7)4-18(11,14)15/h2-3H,4-5H2,1H3. The first-order chi connectivity index (χ1) is 8.17. The molecule has 0 saturated carbocycles. The zero-order valence-electron chi connectivity index (χ0n) is 9.24. The molecule has 2 rings (SSSR count). The Morgan fingerprint density at radius 1 is 1.33 bits per heavy atom. The summed E-state index contributed by atoms with van der Waals surface area (Å²) in [6, 6.07) is 2.30. The van der Waals surface area contributed by atoms with Crippen LogP contribution in [0.3, 0.4) is 0 Å². The molecule has 1 aromatic rings. The Kier molecular flexibility index (Phi) is 3.14. The molecule has 1 aromatic carbocycles. The maximum absolute atomic E-state index is 13.4. The number of rotatable bonds is 3. The van der Waals surface area contributed by atoms with Crippen molar-refractivity contribution in [1.29, 1.82) is 0 Å². The topological polar surface area (TPSA) is 52.6 Å². The summed E-state index contributed by atoms with van der Waals surface area (Å²) in [6.45, 7) is 0.593. The van der Waals surface area contributed by atoms with E-state index in [-0.39, 0.29) is 23.9 Å². The number of hydrogen-bond donors (Lipinski definition) is 0. The maximum atomic E-state index is 13.4. The summed E-state index contributed by atoms with van der Waals surface area (Å²) in [5.74, 6) is -3.48. The number of hydrogen-bond acceptors (Lipinski definition) is 4. The summed E-state index contributed by atoms with van der Waals surface area (Å²) >= 11 is 0. The van der Waals surface area contributed by atoms with Crippen LogP contribution in [-0.4, -0.2) is 15.2 Å². The minimum absolute atomic E-state index is 0.0822. The van der Waals surface area contributed by atoms with Gasteiger partial charge in [-0.3, -0.25) is 0 Å². The molecule has 0 fully saturated rings. The van der Waals surface area contributed by atoms with Crippen LogP contribution in [0, 0.1) is 0 Å². The minimum Gasteiger partial charge on any atom is -0.454 e. The summed E-state index contributed by atoms with van der Waals surface area (Å²) < 4.78 is 58.9. The van der Waals surface area contributed by atoms with Crippen LogP contribution in [0.4, 0.5) is 8.78 Å². The van der Waals surface area contributed by atoms with Crippen molar-refractivity contribution in [2.75, 3.05) is 6.79 Å². The molecular weight excluding hydrogens is 290 g/mol. The first kappa shape index (κ1) is 13.4. The number of benzene rings is 1. The third-order valence-electron chi connectivity index (χ3n) is 2.40. The smallest absolute Gasteiger partial charge is 0.270 e. The number of fused-ring (bicyclic) bond motifs is 1. The Morgan fingerprint density at radius 3 is 2.39 bits per heavy atom. The monoisotopic (exact) mass is 298 g/mol. The maximum Gasteiger partial charge on any atom is 0.270 e. The molecule has 0 amide bonds. The van der Waals surface area contributed by atoms with Crippen molar-refractivity contribution in [3.8, 4) is 11.5 Å². The average Bonchev–Trinajstić information content (AvgIpc) is 2.58. The highest BCUT2D eigenvalue weighted by Gasteiger charge is 2.32. The molecule has 0 unspecified atom stereocenters. The summed E-state index contributed by atoms with van der Waals surface area (Å²) in [5, 5.41) is 0. The lowest BCUT2D eigenvalue weighted by molar-refractivity contribution is 0.0166. The van der Waals surface area contributed by atoms with Gasteiger partial charge in [0.2, 0.25) is 15.8 Å². The Bertz CT molecular complexity index is 580. The van der Waals surface area contributed by atoms with Crippen LogP contribution in [-0.2, 0) is 20.7 Å². The van der Waals surface area contributed by atoms with Gasteiger partial charge >= 0.3 is 0 Å². The van der Waals surface area contributed by atoms with Crippen molar-refractivity contribution >= 4 is 19.7 Å². The van der Waals surface area contributed by atoms with Gasteiger partial charge in [-0.15, -0.1) is 0 Å². The van der Waals surface area contributed by atoms with Crippen LogP contribution in [0.25, 0.3) is 0 Å². The van der Waals surface area contributed by atoms with Crippen LogP contribution >= 0.6 is 10.7 Å². The Hall–Kier alpha value is -1.08. The summed E-state index contributed by atoms with van der Waals surface area (Å²) in [6.07, 6.45) is 0. The van der Waals surface area contributed by atoms with Crippen molar-refractivity contribution < 1.29 is 26.7 Å². The predicted molar refractivity (Wildman–Crippen MR) is 60.6 cm³/mol. The lowest BCUT2D eigenvalue weighted by Crippen LogP contribution is -2.12. The van der Waals surface area contributed by atoms with Gasteiger partial charge in [0.25, 0.3) is 5.92 Å². The van der Waals surface area contributed by atoms with E-state index in [1.807, 2.05) is 0 Å². The second-order valence-electron chi connectivity index (χ2n) is 3.93. The highest BCUT2D eigenvalue weighted by atomic mass is 35.7. The Morgan fingerprint density at radius 2 is 1.89 bits per heavy atom. The van der Waals surface area contributed by atoms with Crippen molar-refractivity contribution in [2.24, 2.45) is 0 Å². The molecule has 0 radical (unpaired) electrons. The number of ether oxygens (including phenoxy) is 2. The quantitative estimate of drug-likeness (QED) is 0.805. The molecule has 100 valence electrons. The van der Waals surface area contributed by atoms with Crippen LogP contribution in [0.15, 0.2) is 12.1 Å². The molecule has 0 bridgehead atoms. The van der Waals surface area contributed by atoms with E-state index in [9.17, 15) is 17.2 Å². The van der Waals surface area contributed by atoms with Crippen LogP contribution < -0.4 is 9.47 Å². The van der Waals surface area contributed by atoms with E-state index in [4.69, 9.17) is 20.2 Å². The zero-order valence-corrected chi connectivity index (χ0v) is 10.8. The first-order valence-electron chi connectivity index (χ1n) is 4.90. The molecule has 0 saturated heterocycles. The Balaban J connectivity index is 2.55. The predicted octanol–water partition coefficient (Wildman–Crippen LogP) is 2.60. The third-order valence-corrected chi connectivity index (χ3v) is 3.38. The first-order valence-corrected chi connectivity index (χ1v) is 7.38. The van der Waals surface area contributed by atoms with Gasteiger partial charge in [0, 0.05) is 23.2 Å². The van der Waals surface area contributed by atoms with E-state index >= 15 is 0 Å². The zero-order chi connectivity index (χ0) is 13.6. The third kappa shape index (κ3) is 2.84. The fourth-order valence-electron chi connectivity index (χ4n) is 1.70. The molecule has 0 spiro atoms. The molecule has 1 aliphatic heterocycles. The average molecular weight is 299 g/mol. The van der Waals surface area contributed by atoms with E-state index in [0.29, 0.717) is 6.92 Å². The molecule has 1 heterocycles. The lowest BCUT2D eigenvalue weighted by Gasteiger charge is -2.15. The normalized spacial score (nSPS) is 14.9. The largest absolute Gasteiger partial charge is 0.454 e. The van der Waals surface area contributed by atoms with Gasteiger partial charge in [-0.25, -0.2) is 17.2 Å². The second kappa shape index (κ2) is 4.24. The van der Waals surface area contributed by atoms with Crippen LogP contribution in [0.2, 0.25) is 0 Å². The van der Waals surface area contributed by atoms with E-state index in [1.165, 1.54) is 6.07 Å². The molecule has 0 aliphatic carbocycles. The highest BCUT2D eigenvalue weighted by Crippen LogP contribution is 2.41. The molecule has 0 atom stereocenters. The summed E-state index contributed by atoms with van der Waals surface area (Å²) in [5.41, 5.74) is -0.530. The lowest BCUT2D eigenvalue weighted by atomic mass is 10.0. The van der Waals surface area contributed by atoms with Gasteiger partial charge in [-0.1, -0.05) is 0 Å².